The van der Waals surface area contributed by atoms with Crippen molar-refractivity contribution in [3.8, 4) is 0 Å². The molecule has 1 atom stereocenters. The first-order valence-corrected chi connectivity index (χ1v) is 4.30. The highest BCUT2D eigenvalue weighted by Gasteiger charge is 2.17. The third kappa shape index (κ3) is 2.69. The van der Waals surface area contributed by atoms with Crippen molar-refractivity contribution < 1.29 is 9.47 Å². The fraction of sp³-hybridized carbons (Fsp3) is 1.00. The predicted octanol–water partition coefficient (Wildman–Crippen LogP) is 0.684. The monoisotopic (exact) mass is 257 g/mol. The molecule has 1 unspecified atom stereocenters. The number of methoxy groups -OCH3 is 1. The summed E-state index contributed by atoms with van der Waals surface area (Å²) < 4.78 is 12.6. The van der Waals surface area contributed by atoms with Gasteiger partial charge in [-0.3, -0.25) is 0 Å². The molecule has 0 aliphatic carbocycles. The molecule has 0 spiro atoms. The molecule has 0 bridgehead atoms. The van der Waals surface area contributed by atoms with Crippen LogP contribution in [0.25, 0.3) is 0 Å². The highest BCUT2D eigenvalue weighted by Crippen LogP contribution is 2.08. The molecule has 1 saturated heterocycles. The molecule has 4 heteroatoms. The minimum Gasteiger partial charge on any atom is -0.382 e. The molecule has 0 aromatic carbocycles. The van der Waals surface area contributed by atoms with Crippen LogP contribution >= 0.6 is 22.9 Å². The lowest BCUT2D eigenvalue weighted by molar-refractivity contribution is -0.0347. The van der Waals surface area contributed by atoms with Crippen LogP contribution in [0.4, 0.5) is 0 Å². The Labute approximate surface area is 75.2 Å². The van der Waals surface area contributed by atoms with Gasteiger partial charge in [-0.05, 0) is 0 Å². The summed E-state index contributed by atoms with van der Waals surface area (Å²) >= 11 is 2.31. The zero-order chi connectivity index (χ0) is 7.40. The average molecular weight is 257 g/mol. The molecule has 60 valence electrons. The Morgan fingerprint density at radius 2 is 2.60 bits per heavy atom. The van der Waals surface area contributed by atoms with Gasteiger partial charge in [0.1, 0.15) is 0 Å². The van der Waals surface area contributed by atoms with Gasteiger partial charge in [-0.15, -0.1) is 0 Å². The first-order chi connectivity index (χ1) is 4.83. The number of hydrogen-bond donors (Lipinski definition) is 0. The number of rotatable bonds is 2. The van der Waals surface area contributed by atoms with Gasteiger partial charge in [0.05, 0.1) is 19.3 Å². The van der Waals surface area contributed by atoms with Gasteiger partial charge in [-0.2, -0.15) is 0 Å². The van der Waals surface area contributed by atoms with Crippen molar-refractivity contribution in [1.29, 1.82) is 0 Å². The standard InChI is InChI=1S/C6H12INO2/c1-9-5-6-4-8(7)2-3-10-6/h6H,2-5H2,1H3. The van der Waals surface area contributed by atoms with Crippen molar-refractivity contribution in [2.75, 3.05) is 33.4 Å². The highest BCUT2D eigenvalue weighted by molar-refractivity contribution is 14.1. The summed E-state index contributed by atoms with van der Waals surface area (Å²) in [5.41, 5.74) is 0. The minimum atomic E-state index is 0.274. The van der Waals surface area contributed by atoms with Gasteiger partial charge >= 0.3 is 0 Å². The molecule has 10 heavy (non-hydrogen) atoms. The summed E-state index contributed by atoms with van der Waals surface area (Å²) in [6.45, 7) is 3.55. The third-order valence-electron chi connectivity index (χ3n) is 1.44. The summed E-state index contributed by atoms with van der Waals surface area (Å²) in [5, 5.41) is 0. The second-order valence-electron chi connectivity index (χ2n) is 2.32. The average Bonchev–Trinajstić information content (AvgIpc) is 1.88. The van der Waals surface area contributed by atoms with E-state index in [1.54, 1.807) is 7.11 Å². The molecule has 0 aromatic heterocycles. The van der Waals surface area contributed by atoms with Crippen LogP contribution in [0.15, 0.2) is 0 Å². The van der Waals surface area contributed by atoms with Crippen LogP contribution in [0.2, 0.25) is 0 Å². The van der Waals surface area contributed by atoms with Crippen molar-refractivity contribution in [2.24, 2.45) is 0 Å². The second kappa shape index (κ2) is 4.48. The summed E-state index contributed by atoms with van der Waals surface area (Å²) in [6, 6.07) is 0. The number of hydrogen-bond acceptors (Lipinski definition) is 3. The van der Waals surface area contributed by atoms with E-state index in [0.29, 0.717) is 6.61 Å². The van der Waals surface area contributed by atoms with E-state index >= 15 is 0 Å². The Morgan fingerprint density at radius 1 is 1.80 bits per heavy atom. The Balaban J connectivity index is 2.18. The smallest absolute Gasteiger partial charge is 0.0943 e. The predicted molar refractivity (Wildman–Crippen MR) is 47.2 cm³/mol. The zero-order valence-electron chi connectivity index (χ0n) is 6.05. The number of morpholine rings is 1. The van der Waals surface area contributed by atoms with Gasteiger partial charge < -0.3 is 9.47 Å². The van der Waals surface area contributed by atoms with Crippen molar-refractivity contribution in [1.82, 2.24) is 3.11 Å². The maximum Gasteiger partial charge on any atom is 0.0943 e. The SMILES string of the molecule is COCC1CN(I)CCO1. The molecule has 0 saturated carbocycles. The largest absolute Gasteiger partial charge is 0.382 e. The molecular weight excluding hydrogens is 245 g/mol. The van der Waals surface area contributed by atoms with Gasteiger partial charge in [0.15, 0.2) is 0 Å². The van der Waals surface area contributed by atoms with Crippen LogP contribution in [0.5, 0.6) is 0 Å². The number of ether oxygens (including phenoxy) is 2. The number of halogens is 1. The first kappa shape index (κ1) is 8.70. The normalized spacial score (nSPS) is 28.8. The molecule has 1 aliphatic heterocycles. The zero-order valence-corrected chi connectivity index (χ0v) is 8.20. The molecule has 0 amide bonds. The molecule has 1 heterocycles. The van der Waals surface area contributed by atoms with Gasteiger partial charge in [-0.1, -0.05) is 0 Å². The number of nitrogens with zero attached hydrogens (tertiary/aromatic N) is 1. The molecule has 0 radical (unpaired) electrons. The lowest BCUT2D eigenvalue weighted by atomic mass is 10.3. The summed E-state index contributed by atoms with van der Waals surface area (Å²) in [5.74, 6) is 0. The lowest BCUT2D eigenvalue weighted by Gasteiger charge is -2.27. The molecule has 1 aliphatic rings. The summed E-state index contributed by atoms with van der Waals surface area (Å²) in [4.78, 5) is 0. The maximum atomic E-state index is 5.42. The Kier molecular flexibility index (Phi) is 3.90. The molecule has 3 nitrogen and oxygen atoms in total. The fourth-order valence-corrected chi connectivity index (χ4v) is 1.61. The maximum absolute atomic E-state index is 5.42. The highest BCUT2D eigenvalue weighted by atomic mass is 127. The third-order valence-corrected chi connectivity index (χ3v) is 2.32. The topological polar surface area (TPSA) is 21.7 Å². The molecular formula is C6H12INO2. The van der Waals surface area contributed by atoms with Gasteiger partial charge in [0, 0.05) is 43.1 Å². The van der Waals surface area contributed by atoms with Gasteiger partial charge in [-0.25, -0.2) is 3.11 Å². The fourth-order valence-electron chi connectivity index (χ4n) is 0.970. The van der Waals surface area contributed by atoms with Crippen molar-refractivity contribution in [2.45, 2.75) is 6.10 Å². The lowest BCUT2D eigenvalue weighted by Crippen LogP contribution is -2.39. The van der Waals surface area contributed by atoms with E-state index in [1.165, 1.54) is 0 Å². The van der Waals surface area contributed by atoms with Crippen LogP contribution in [-0.4, -0.2) is 42.6 Å². The molecule has 1 fully saturated rings. The Hall–Kier alpha value is 0.610. The minimum absolute atomic E-state index is 0.274. The van der Waals surface area contributed by atoms with E-state index in [2.05, 4.69) is 26.0 Å². The van der Waals surface area contributed by atoms with Crippen LogP contribution in [0, 0.1) is 0 Å². The van der Waals surface area contributed by atoms with E-state index in [1.807, 2.05) is 0 Å². The quantitative estimate of drug-likeness (QED) is 0.536. The van der Waals surface area contributed by atoms with Gasteiger partial charge in [0.2, 0.25) is 0 Å². The van der Waals surface area contributed by atoms with Crippen LogP contribution in [0.1, 0.15) is 0 Å². The summed E-state index contributed by atoms with van der Waals surface area (Å²) in [6.07, 6.45) is 0.274. The van der Waals surface area contributed by atoms with Crippen LogP contribution in [-0.2, 0) is 9.47 Å². The van der Waals surface area contributed by atoms with Crippen LogP contribution < -0.4 is 0 Å². The molecule has 1 rings (SSSR count). The Bertz CT molecular complexity index is 99.7. The molecule has 0 N–H and O–H groups in total. The second-order valence-corrected chi connectivity index (χ2v) is 3.68. The van der Waals surface area contributed by atoms with E-state index < -0.39 is 0 Å². The van der Waals surface area contributed by atoms with Crippen LogP contribution in [0.3, 0.4) is 0 Å². The van der Waals surface area contributed by atoms with Crippen molar-refractivity contribution >= 4 is 22.9 Å². The first-order valence-electron chi connectivity index (χ1n) is 3.34. The van der Waals surface area contributed by atoms with Gasteiger partial charge in [0.25, 0.3) is 0 Å². The molecule has 0 aromatic rings. The van der Waals surface area contributed by atoms with E-state index in [9.17, 15) is 0 Å². The van der Waals surface area contributed by atoms with Crippen molar-refractivity contribution in [3.05, 3.63) is 0 Å². The Morgan fingerprint density at radius 3 is 3.20 bits per heavy atom. The van der Waals surface area contributed by atoms with E-state index in [4.69, 9.17) is 9.47 Å². The summed E-state index contributed by atoms with van der Waals surface area (Å²) in [7, 11) is 1.70. The van der Waals surface area contributed by atoms with E-state index in [-0.39, 0.29) is 6.10 Å². The van der Waals surface area contributed by atoms with Crippen molar-refractivity contribution in [3.63, 3.8) is 0 Å². The van der Waals surface area contributed by atoms with E-state index in [0.717, 1.165) is 19.7 Å².